The second-order valence-corrected chi connectivity index (χ2v) is 20.5. The summed E-state index contributed by atoms with van der Waals surface area (Å²) < 4.78 is 58.5. The molecule has 2 saturated heterocycles. The van der Waals surface area contributed by atoms with Gasteiger partial charge >= 0.3 is 23.2 Å². The Labute approximate surface area is 454 Å². The number of hydrogen-bond acceptors (Lipinski definition) is 20. The quantitative estimate of drug-likeness (QED) is 0.0346. The Bertz CT molecular complexity index is 3730. The van der Waals surface area contributed by atoms with Crippen molar-refractivity contribution in [2.24, 2.45) is 0 Å². The number of aliphatic hydroxyl groups is 2. The van der Waals surface area contributed by atoms with Crippen LogP contribution >= 0.6 is 0 Å². The molecule has 0 radical (unpaired) electrons. The number of methoxy groups -OCH3 is 2. The summed E-state index contributed by atoms with van der Waals surface area (Å²) >= 11 is 0. The molecule has 2 unspecified atom stereocenters. The summed E-state index contributed by atoms with van der Waals surface area (Å²) in [5.41, 5.74) is -4.72. The molecule has 0 bridgehead atoms. The lowest BCUT2D eigenvalue weighted by Gasteiger charge is -2.50. The number of esters is 2. The van der Waals surface area contributed by atoms with Crippen molar-refractivity contribution < 1.29 is 86.3 Å². The molecule has 25 nitrogen and oxygen atoms in total. The Morgan fingerprint density at radius 3 is 1.71 bits per heavy atom. The van der Waals surface area contributed by atoms with Crippen LogP contribution in [0.1, 0.15) is 104 Å². The predicted octanol–water partition coefficient (Wildman–Crippen LogP) is 5.92. The van der Waals surface area contributed by atoms with E-state index in [9.17, 15) is 49.2 Å². The van der Waals surface area contributed by atoms with Gasteiger partial charge in [0.05, 0.1) is 21.9 Å². The third-order valence-corrected chi connectivity index (χ3v) is 14.4. The predicted molar refractivity (Wildman–Crippen MR) is 281 cm³/mol. The molecule has 7 aromatic rings. The molecule has 7 heterocycles. The highest BCUT2D eigenvalue weighted by molar-refractivity contribution is 6.12. The number of aryl methyl sites for hydroxylation is 4. The van der Waals surface area contributed by atoms with Crippen LogP contribution in [-0.2, 0) is 28.4 Å². The molecule has 5 aromatic heterocycles. The molecule has 2 amide bonds. The van der Waals surface area contributed by atoms with Crippen LogP contribution in [0.2, 0.25) is 0 Å². The molecule has 25 heteroatoms. The average Bonchev–Trinajstić information content (AvgIpc) is 4.29. The molecule has 2 aliphatic heterocycles. The van der Waals surface area contributed by atoms with E-state index < -0.39 is 112 Å². The van der Waals surface area contributed by atoms with E-state index >= 15 is 0 Å². The Kier molecular flexibility index (Phi) is 14.7. The fraction of sp³-hybridized carbons (Fsp3) is 0.382. The van der Waals surface area contributed by atoms with Crippen molar-refractivity contribution in [2.45, 2.75) is 123 Å². The van der Waals surface area contributed by atoms with Crippen molar-refractivity contribution in [1.82, 2.24) is 15.0 Å². The third-order valence-electron chi connectivity index (χ3n) is 14.4. The Morgan fingerprint density at radius 1 is 0.675 bits per heavy atom. The van der Waals surface area contributed by atoms with E-state index in [2.05, 4.69) is 25.6 Å². The second-order valence-electron chi connectivity index (χ2n) is 20.5. The van der Waals surface area contributed by atoms with Gasteiger partial charge in [-0.1, -0.05) is 0 Å². The number of aromatic hydroxyl groups is 2. The first kappa shape index (κ1) is 56.3. The molecular weight excluding hydrogens is 1050 g/mol. The molecule has 2 aliphatic rings. The van der Waals surface area contributed by atoms with Crippen molar-refractivity contribution in [3.05, 3.63) is 126 Å². The number of carbonyl (C=O) groups excluding carboxylic acids is 4. The summed E-state index contributed by atoms with van der Waals surface area (Å²) in [6.45, 7) is 14.5. The van der Waals surface area contributed by atoms with Gasteiger partial charge in [0.1, 0.15) is 57.6 Å². The van der Waals surface area contributed by atoms with E-state index in [1.54, 1.807) is 59.7 Å². The normalized spacial score (nSPS) is 22.4. The summed E-state index contributed by atoms with van der Waals surface area (Å²) in [5.74, 6) is -6.40. The summed E-state index contributed by atoms with van der Waals surface area (Å²) in [6.07, 6.45) is -7.13. The van der Waals surface area contributed by atoms with E-state index in [-0.39, 0.29) is 79.2 Å². The standard InChI is InChI=1S/C55H59N5O20/c1-22-12-16-30(57-22)47(67)77-43-40(64)52(79-53(6,7)44(43)71-10)74-34-19-15-27-38(62)36(49(69)75-42(27)26(34)5)59-45(65)29-21-56-35(24(29)3)46(66)60-37-39(63)28-14-18-33(25(4)41(28)76-50(37)70)73-51-32(61)20-55(72-11,54(8,9)80-51)78-48(68)31-17-13-23(2)58-31/h12-19,21,32,40,43-44,51-52,56-58,61-64H,20H2,1-11H3,(H,59,65)(H,60,66)/t32-,40-,43+,44-,51?,52?,55-/m0/s1. The van der Waals surface area contributed by atoms with Gasteiger partial charge in [-0.05, 0) is 116 Å². The number of aromatic amines is 3. The van der Waals surface area contributed by atoms with Crippen molar-refractivity contribution in [3.8, 4) is 23.0 Å². The zero-order valence-electron chi connectivity index (χ0n) is 45.2. The lowest BCUT2D eigenvalue weighted by atomic mass is 9.87. The van der Waals surface area contributed by atoms with Crippen molar-refractivity contribution in [3.63, 3.8) is 0 Å². The van der Waals surface area contributed by atoms with Crippen molar-refractivity contribution in [2.75, 3.05) is 24.9 Å². The minimum Gasteiger partial charge on any atom is -0.505 e. The first-order chi connectivity index (χ1) is 37.7. The van der Waals surface area contributed by atoms with Gasteiger partial charge in [-0.2, -0.15) is 0 Å². The van der Waals surface area contributed by atoms with Crippen LogP contribution in [0.25, 0.3) is 21.9 Å². The number of anilines is 2. The molecule has 2 aromatic carbocycles. The maximum atomic E-state index is 13.7. The van der Waals surface area contributed by atoms with Crippen LogP contribution in [0.15, 0.2) is 73.2 Å². The lowest BCUT2D eigenvalue weighted by molar-refractivity contribution is -0.368. The first-order valence-electron chi connectivity index (χ1n) is 25.0. The number of amides is 2. The number of fused-ring (bicyclic) bond motifs is 2. The lowest BCUT2D eigenvalue weighted by Crippen LogP contribution is -2.65. The molecule has 9 N–H and O–H groups in total. The van der Waals surface area contributed by atoms with Gasteiger partial charge in [0.2, 0.25) is 18.4 Å². The van der Waals surface area contributed by atoms with E-state index in [0.29, 0.717) is 5.69 Å². The van der Waals surface area contributed by atoms with Gasteiger partial charge in [0, 0.05) is 49.4 Å². The fourth-order valence-electron chi connectivity index (χ4n) is 9.94. The molecule has 7 atom stereocenters. The van der Waals surface area contributed by atoms with Crippen LogP contribution in [0, 0.1) is 34.6 Å². The Balaban J connectivity index is 0.879. The number of H-pyrrole nitrogens is 3. The molecule has 0 spiro atoms. The van der Waals surface area contributed by atoms with Gasteiger partial charge in [0.25, 0.3) is 11.8 Å². The summed E-state index contributed by atoms with van der Waals surface area (Å²) in [5, 5.41) is 50.1. The Morgan fingerprint density at radius 2 is 1.20 bits per heavy atom. The highest BCUT2D eigenvalue weighted by Gasteiger charge is 2.59. The number of hydrogen-bond donors (Lipinski definition) is 9. The largest absolute Gasteiger partial charge is 0.505 e. The van der Waals surface area contributed by atoms with Gasteiger partial charge < -0.3 is 92.7 Å². The SMILES string of the molecule is CO[C@H]1[C@H](OC(=O)c2ccc(C)[nH]2)[C@H](O)C(Oc2ccc3c(O)c(NC(=O)c4c[nH]c(C(=O)Nc5c(O)c6ccc(OC7OC(C)(C)[C@@](OC)(OC(=O)c8ccc(C)[nH]8)C[C@@H]7O)c(C)c6oc5=O)c4C)c(=O)oc3c2C)OC1(C)C. The van der Waals surface area contributed by atoms with Gasteiger partial charge in [-0.15, -0.1) is 0 Å². The first-order valence-corrected chi connectivity index (χ1v) is 25.0. The molecule has 0 aliphatic carbocycles. The van der Waals surface area contributed by atoms with E-state index in [4.69, 9.17) is 46.7 Å². The highest BCUT2D eigenvalue weighted by Crippen LogP contribution is 2.44. The minimum atomic E-state index is -1.75. The van der Waals surface area contributed by atoms with Crippen molar-refractivity contribution in [1.29, 1.82) is 0 Å². The molecular formula is C55H59N5O20. The monoisotopic (exact) mass is 1110 g/mol. The summed E-state index contributed by atoms with van der Waals surface area (Å²) in [6, 6.07) is 12.0. The van der Waals surface area contributed by atoms with E-state index in [1.165, 1.54) is 65.3 Å². The third kappa shape index (κ3) is 10.0. The zero-order valence-corrected chi connectivity index (χ0v) is 45.2. The topological polar surface area (TPSA) is 355 Å². The number of carbonyl (C=O) groups is 4. The number of aromatic nitrogens is 3. The zero-order chi connectivity index (χ0) is 58.1. The number of ether oxygens (including phenoxy) is 8. The number of nitrogens with one attached hydrogen (secondary N) is 5. The molecule has 2 fully saturated rings. The van der Waals surface area contributed by atoms with Crippen LogP contribution in [0.4, 0.5) is 11.4 Å². The highest BCUT2D eigenvalue weighted by atomic mass is 16.8. The van der Waals surface area contributed by atoms with E-state index in [0.717, 1.165) is 11.9 Å². The molecule has 9 rings (SSSR count). The van der Waals surface area contributed by atoms with Gasteiger partial charge in [-0.25, -0.2) is 19.2 Å². The van der Waals surface area contributed by atoms with Crippen molar-refractivity contribution >= 4 is 57.1 Å². The Hall–Kier alpha value is -8.46. The summed E-state index contributed by atoms with van der Waals surface area (Å²) in [7, 11) is 2.69. The average molecular weight is 1110 g/mol. The molecule has 424 valence electrons. The number of benzene rings is 2. The van der Waals surface area contributed by atoms with Gasteiger partial charge in [-0.3, -0.25) is 9.59 Å². The summed E-state index contributed by atoms with van der Waals surface area (Å²) in [4.78, 5) is 88.9. The second kappa shape index (κ2) is 21.0. The van der Waals surface area contributed by atoms with Gasteiger partial charge in [0.15, 0.2) is 35.1 Å². The maximum Gasteiger partial charge on any atom is 0.364 e. The van der Waals surface area contributed by atoms with Crippen LogP contribution in [-0.4, -0.2) is 127 Å². The number of aliphatic hydroxyl groups excluding tert-OH is 2. The smallest absolute Gasteiger partial charge is 0.364 e. The van der Waals surface area contributed by atoms with E-state index in [1.807, 2.05) is 0 Å². The van der Waals surface area contributed by atoms with Crippen LogP contribution < -0.4 is 31.4 Å². The minimum absolute atomic E-state index is 0.0187. The number of rotatable bonds is 14. The fourth-order valence-corrected chi connectivity index (χ4v) is 9.94. The maximum absolute atomic E-state index is 13.7. The van der Waals surface area contributed by atoms with Crippen LogP contribution in [0.5, 0.6) is 23.0 Å². The van der Waals surface area contributed by atoms with Crippen LogP contribution in [0.3, 0.4) is 0 Å². The molecule has 0 saturated carbocycles. The molecule has 80 heavy (non-hydrogen) atoms.